The molecule has 0 bridgehead atoms. The molecule has 0 radical (unpaired) electrons. The molecule has 1 aliphatic heterocycles. The zero-order valence-corrected chi connectivity index (χ0v) is 18.0. The van der Waals surface area contributed by atoms with Gasteiger partial charge < -0.3 is 19.1 Å². The summed E-state index contributed by atoms with van der Waals surface area (Å²) in [6.45, 7) is 10.8. The highest BCUT2D eigenvalue weighted by Gasteiger charge is 2.40. The van der Waals surface area contributed by atoms with E-state index in [0.29, 0.717) is 37.3 Å². The van der Waals surface area contributed by atoms with E-state index < -0.39 is 5.60 Å². The van der Waals surface area contributed by atoms with Crippen LogP contribution in [0.25, 0.3) is 0 Å². The summed E-state index contributed by atoms with van der Waals surface area (Å²) in [6.07, 6.45) is 5.14. The number of carbonyl (C=O) groups excluding carboxylic acids is 2. The number of esters is 1. The summed E-state index contributed by atoms with van der Waals surface area (Å²) < 4.78 is 16.7. The van der Waals surface area contributed by atoms with Gasteiger partial charge in [-0.15, -0.1) is 0 Å². The lowest BCUT2D eigenvalue weighted by Gasteiger charge is -2.40. The quantitative estimate of drug-likeness (QED) is 0.644. The van der Waals surface area contributed by atoms with Crippen molar-refractivity contribution in [2.24, 2.45) is 11.8 Å². The van der Waals surface area contributed by atoms with Gasteiger partial charge in [-0.1, -0.05) is 13.8 Å². The molecule has 1 aromatic rings. The van der Waals surface area contributed by atoms with E-state index in [1.54, 1.807) is 11.1 Å². The SMILES string of the molecule is CC(C)C(=O)OC[C@H]1C[C@@H]1c1cncc(OC[C@@H]2CCN2C(=O)OC(C)(C)C)c1. The molecule has 160 valence electrons. The minimum Gasteiger partial charge on any atom is -0.490 e. The maximum Gasteiger partial charge on any atom is 0.410 e. The lowest BCUT2D eigenvalue weighted by molar-refractivity contribution is -0.147. The normalized spacial score (nSPS) is 23.4. The van der Waals surface area contributed by atoms with Gasteiger partial charge >= 0.3 is 12.1 Å². The van der Waals surface area contributed by atoms with Gasteiger partial charge in [0.05, 0.1) is 24.8 Å². The first-order chi connectivity index (χ1) is 13.6. The fraction of sp³-hybridized carbons (Fsp3) is 0.682. The van der Waals surface area contributed by atoms with E-state index in [4.69, 9.17) is 14.2 Å². The predicted octanol–water partition coefficient (Wildman–Crippen LogP) is 3.77. The number of nitrogens with zero attached hydrogens (tertiary/aromatic N) is 2. The molecule has 0 spiro atoms. The van der Waals surface area contributed by atoms with Crippen LogP contribution in [0.3, 0.4) is 0 Å². The molecule has 3 rings (SSSR count). The van der Waals surface area contributed by atoms with Crippen molar-refractivity contribution < 1.29 is 23.8 Å². The molecule has 0 unspecified atom stereocenters. The molecule has 1 aromatic heterocycles. The Hall–Kier alpha value is -2.31. The molecule has 0 aromatic carbocycles. The van der Waals surface area contributed by atoms with E-state index >= 15 is 0 Å². The Bertz CT molecular complexity index is 743. The predicted molar refractivity (Wildman–Crippen MR) is 108 cm³/mol. The lowest BCUT2D eigenvalue weighted by Crippen LogP contribution is -2.55. The zero-order valence-electron chi connectivity index (χ0n) is 18.0. The molecule has 1 saturated carbocycles. The van der Waals surface area contributed by atoms with Gasteiger partial charge in [-0.05, 0) is 51.2 Å². The van der Waals surface area contributed by atoms with Crippen molar-refractivity contribution in [2.75, 3.05) is 19.8 Å². The van der Waals surface area contributed by atoms with Crippen LogP contribution in [0.1, 0.15) is 58.9 Å². The van der Waals surface area contributed by atoms with E-state index in [9.17, 15) is 9.59 Å². The molecular formula is C22H32N2O5. The Balaban J connectivity index is 1.46. The second-order valence-electron chi connectivity index (χ2n) is 9.27. The molecule has 7 nitrogen and oxygen atoms in total. The van der Waals surface area contributed by atoms with Crippen molar-refractivity contribution in [3.63, 3.8) is 0 Å². The number of rotatable bonds is 7. The van der Waals surface area contributed by atoms with E-state index in [0.717, 1.165) is 18.4 Å². The van der Waals surface area contributed by atoms with Crippen molar-refractivity contribution in [3.05, 3.63) is 24.0 Å². The average molecular weight is 405 g/mol. The molecule has 3 atom stereocenters. The number of hydrogen-bond acceptors (Lipinski definition) is 6. The van der Waals surface area contributed by atoms with Crippen LogP contribution in [0.2, 0.25) is 0 Å². The van der Waals surface area contributed by atoms with Crippen molar-refractivity contribution in [2.45, 2.75) is 65.0 Å². The maximum atomic E-state index is 12.2. The summed E-state index contributed by atoms with van der Waals surface area (Å²) in [5.41, 5.74) is 0.603. The zero-order chi connectivity index (χ0) is 21.2. The van der Waals surface area contributed by atoms with Crippen LogP contribution < -0.4 is 4.74 Å². The highest BCUT2D eigenvalue weighted by Crippen LogP contribution is 2.48. The third kappa shape index (κ3) is 5.84. The van der Waals surface area contributed by atoms with Crippen LogP contribution in [0.5, 0.6) is 5.75 Å². The minimum atomic E-state index is -0.499. The molecule has 0 N–H and O–H groups in total. The van der Waals surface area contributed by atoms with Gasteiger partial charge in [0.15, 0.2) is 0 Å². The highest BCUT2D eigenvalue weighted by molar-refractivity contribution is 5.71. The summed E-state index contributed by atoms with van der Waals surface area (Å²) in [6, 6.07) is 2.02. The average Bonchev–Trinajstić information content (AvgIpc) is 3.37. The first kappa shape index (κ1) is 21.4. The number of likely N-dealkylation sites (tertiary alicyclic amines) is 1. The van der Waals surface area contributed by atoms with Gasteiger partial charge in [0.2, 0.25) is 0 Å². The van der Waals surface area contributed by atoms with Crippen molar-refractivity contribution in [3.8, 4) is 5.75 Å². The van der Waals surface area contributed by atoms with Crippen LogP contribution in [-0.2, 0) is 14.3 Å². The van der Waals surface area contributed by atoms with Crippen molar-refractivity contribution >= 4 is 12.1 Å². The topological polar surface area (TPSA) is 78.0 Å². The lowest BCUT2D eigenvalue weighted by atomic mass is 10.1. The summed E-state index contributed by atoms with van der Waals surface area (Å²) in [4.78, 5) is 29.8. The highest BCUT2D eigenvalue weighted by atomic mass is 16.6. The van der Waals surface area contributed by atoms with Crippen LogP contribution in [0, 0.1) is 11.8 Å². The Kier molecular flexibility index (Phi) is 6.34. The molecule has 1 saturated heterocycles. The van der Waals surface area contributed by atoms with Crippen LogP contribution in [0.4, 0.5) is 4.79 Å². The molecule has 2 heterocycles. The molecular weight excluding hydrogens is 372 g/mol. The molecule has 2 aliphatic rings. The minimum absolute atomic E-state index is 0.0256. The Morgan fingerprint density at radius 3 is 2.62 bits per heavy atom. The van der Waals surface area contributed by atoms with Crippen LogP contribution in [0.15, 0.2) is 18.5 Å². The van der Waals surface area contributed by atoms with E-state index in [1.807, 2.05) is 46.9 Å². The second kappa shape index (κ2) is 8.59. The standard InChI is InChI=1S/C22H32N2O5/c1-14(2)20(25)28-12-16-9-19(16)15-8-18(11-23-10-15)27-13-17-6-7-24(17)21(26)29-22(3,4)5/h8,10-11,14,16-17,19H,6-7,9,12-13H2,1-5H3/t16-,17+,19-/m1/s1. The largest absolute Gasteiger partial charge is 0.490 e. The maximum absolute atomic E-state index is 12.2. The fourth-order valence-electron chi connectivity index (χ4n) is 3.28. The van der Waals surface area contributed by atoms with E-state index in [1.165, 1.54) is 0 Å². The summed E-state index contributed by atoms with van der Waals surface area (Å²) >= 11 is 0. The van der Waals surface area contributed by atoms with Gasteiger partial charge in [-0.3, -0.25) is 9.78 Å². The monoisotopic (exact) mass is 404 g/mol. The molecule has 1 aliphatic carbocycles. The smallest absolute Gasteiger partial charge is 0.410 e. The van der Waals surface area contributed by atoms with Gasteiger partial charge in [-0.2, -0.15) is 0 Å². The van der Waals surface area contributed by atoms with Crippen molar-refractivity contribution in [1.29, 1.82) is 0 Å². The summed E-state index contributed by atoms with van der Waals surface area (Å²) in [7, 11) is 0. The van der Waals surface area contributed by atoms with E-state index in [-0.39, 0.29) is 24.0 Å². The Morgan fingerprint density at radius 1 is 1.24 bits per heavy atom. The van der Waals surface area contributed by atoms with E-state index in [2.05, 4.69) is 4.98 Å². The number of amides is 1. The Morgan fingerprint density at radius 2 is 2.00 bits per heavy atom. The fourth-order valence-corrected chi connectivity index (χ4v) is 3.28. The number of pyridine rings is 1. The van der Waals surface area contributed by atoms with Crippen LogP contribution in [-0.4, -0.2) is 53.3 Å². The summed E-state index contributed by atoms with van der Waals surface area (Å²) in [5.74, 6) is 1.15. The number of carbonyl (C=O) groups is 2. The summed E-state index contributed by atoms with van der Waals surface area (Å²) in [5, 5.41) is 0. The van der Waals surface area contributed by atoms with Gasteiger partial charge in [-0.25, -0.2) is 4.79 Å². The molecule has 7 heteroatoms. The number of hydrogen-bond donors (Lipinski definition) is 0. The third-order valence-electron chi connectivity index (χ3n) is 5.21. The Labute approximate surface area is 172 Å². The number of ether oxygens (including phenoxy) is 3. The van der Waals surface area contributed by atoms with Gasteiger partial charge in [0.1, 0.15) is 18.0 Å². The van der Waals surface area contributed by atoms with Gasteiger partial charge in [0, 0.05) is 18.7 Å². The van der Waals surface area contributed by atoms with Crippen molar-refractivity contribution in [1.82, 2.24) is 9.88 Å². The number of aromatic nitrogens is 1. The molecule has 2 fully saturated rings. The third-order valence-corrected chi connectivity index (χ3v) is 5.21. The first-order valence-corrected chi connectivity index (χ1v) is 10.4. The molecule has 29 heavy (non-hydrogen) atoms. The second-order valence-corrected chi connectivity index (χ2v) is 9.27. The molecule has 1 amide bonds. The first-order valence-electron chi connectivity index (χ1n) is 10.4. The van der Waals surface area contributed by atoms with Gasteiger partial charge in [0.25, 0.3) is 0 Å². The van der Waals surface area contributed by atoms with Crippen LogP contribution >= 0.6 is 0 Å².